The Morgan fingerprint density at radius 2 is 1.71 bits per heavy atom. The Bertz CT molecular complexity index is 200. The number of hydrogen-bond donors (Lipinski definition) is 2. The summed E-state index contributed by atoms with van der Waals surface area (Å²) in [5, 5.41) is 9.67. The Hall–Kier alpha value is -1.14. The van der Waals surface area contributed by atoms with Crippen molar-refractivity contribution in [1.82, 2.24) is 0 Å². The fourth-order valence-electron chi connectivity index (χ4n) is 0.983. The Labute approximate surface area is 82.0 Å². The van der Waals surface area contributed by atoms with Crippen LogP contribution in [-0.4, -0.2) is 43.4 Å². The zero-order chi connectivity index (χ0) is 11.2. The van der Waals surface area contributed by atoms with Gasteiger partial charge in [0, 0.05) is 0 Å². The van der Waals surface area contributed by atoms with Gasteiger partial charge in [-0.25, -0.2) is 9.59 Å². The molecule has 0 bridgehead atoms. The van der Waals surface area contributed by atoms with E-state index >= 15 is 0 Å². The first-order valence-corrected chi connectivity index (χ1v) is 4.12. The van der Waals surface area contributed by atoms with E-state index in [4.69, 9.17) is 5.73 Å². The number of hydrogen-bond acceptors (Lipinski definition) is 6. The van der Waals surface area contributed by atoms with Gasteiger partial charge in [0.2, 0.25) is 0 Å². The summed E-state index contributed by atoms with van der Waals surface area (Å²) >= 11 is 0. The SMILES string of the molecule is COC(=O)C(O)(CCCN)C(=O)OC. The molecule has 6 nitrogen and oxygen atoms in total. The van der Waals surface area contributed by atoms with E-state index in [9.17, 15) is 14.7 Å². The van der Waals surface area contributed by atoms with Gasteiger partial charge in [0.15, 0.2) is 0 Å². The van der Waals surface area contributed by atoms with E-state index in [-0.39, 0.29) is 13.0 Å². The highest BCUT2D eigenvalue weighted by molar-refractivity contribution is 6.03. The summed E-state index contributed by atoms with van der Waals surface area (Å²) in [5.74, 6) is -2.06. The molecule has 0 spiro atoms. The zero-order valence-electron chi connectivity index (χ0n) is 8.28. The predicted octanol–water partition coefficient (Wildman–Crippen LogP) is -1.20. The van der Waals surface area contributed by atoms with Crippen molar-refractivity contribution in [3.05, 3.63) is 0 Å². The van der Waals surface area contributed by atoms with Gasteiger partial charge >= 0.3 is 11.9 Å². The number of esters is 2. The smallest absolute Gasteiger partial charge is 0.349 e. The van der Waals surface area contributed by atoms with Crippen LogP contribution in [0.15, 0.2) is 0 Å². The van der Waals surface area contributed by atoms with Gasteiger partial charge in [-0.3, -0.25) is 0 Å². The van der Waals surface area contributed by atoms with Crippen LogP contribution in [0, 0.1) is 0 Å². The Balaban J connectivity index is 4.65. The van der Waals surface area contributed by atoms with E-state index in [0.717, 1.165) is 14.2 Å². The Morgan fingerprint density at radius 3 is 2.00 bits per heavy atom. The van der Waals surface area contributed by atoms with Gasteiger partial charge in [0.05, 0.1) is 14.2 Å². The maximum absolute atomic E-state index is 11.1. The minimum Gasteiger partial charge on any atom is -0.466 e. The summed E-state index contributed by atoms with van der Waals surface area (Å²) in [5.41, 5.74) is 2.97. The third-order valence-electron chi connectivity index (χ3n) is 1.79. The van der Waals surface area contributed by atoms with Crippen LogP contribution in [0.4, 0.5) is 0 Å². The molecule has 0 atom stereocenters. The van der Waals surface area contributed by atoms with E-state index in [2.05, 4.69) is 9.47 Å². The third-order valence-corrected chi connectivity index (χ3v) is 1.79. The maximum Gasteiger partial charge on any atom is 0.349 e. The molecule has 0 fully saturated rings. The Morgan fingerprint density at radius 1 is 1.29 bits per heavy atom. The van der Waals surface area contributed by atoms with E-state index in [0.29, 0.717) is 6.42 Å². The number of carbonyl (C=O) groups is 2. The van der Waals surface area contributed by atoms with Crippen molar-refractivity contribution in [3.63, 3.8) is 0 Å². The lowest BCUT2D eigenvalue weighted by Gasteiger charge is -2.21. The average Bonchev–Trinajstić information content (AvgIpc) is 2.23. The quantitative estimate of drug-likeness (QED) is 0.432. The first kappa shape index (κ1) is 12.9. The van der Waals surface area contributed by atoms with E-state index < -0.39 is 17.5 Å². The van der Waals surface area contributed by atoms with Gasteiger partial charge in [-0.05, 0) is 19.4 Å². The van der Waals surface area contributed by atoms with Gasteiger partial charge in [-0.15, -0.1) is 0 Å². The second-order valence-electron chi connectivity index (χ2n) is 2.74. The number of nitrogens with two attached hydrogens (primary N) is 1. The standard InChI is InChI=1S/C8H15NO5/c1-13-6(10)8(12,4-3-5-9)7(11)14-2/h12H,3-5,9H2,1-2H3. The van der Waals surface area contributed by atoms with Crippen LogP contribution >= 0.6 is 0 Å². The highest BCUT2D eigenvalue weighted by Crippen LogP contribution is 2.16. The summed E-state index contributed by atoms with van der Waals surface area (Å²) in [7, 11) is 2.16. The van der Waals surface area contributed by atoms with Crippen LogP contribution < -0.4 is 5.73 Å². The van der Waals surface area contributed by atoms with Gasteiger partial charge in [0.1, 0.15) is 0 Å². The van der Waals surface area contributed by atoms with Crippen molar-refractivity contribution in [3.8, 4) is 0 Å². The maximum atomic E-state index is 11.1. The minimum absolute atomic E-state index is 0.108. The number of ether oxygens (including phenoxy) is 2. The van der Waals surface area contributed by atoms with Crippen molar-refractivity contribution in [1.29, 1.82) is 0 Å². The second kappa shape index (κ2) is 5.56. The number of rotatable bonds is 5. The normalized spacial score (nSPS) is 10.9. The van der Waals surface area contributed by atoms with Crippen LogP contribution in [0.3, 0.4) is 0 Å². The van der Waals surface area contributed by atoms with Crippen molar-refractivity contribution in [2.45, 2.75) is 18.4 Å². The number of aliphatic hydroxyl groups is 1. The summed E-state index contributed by atoms with van der Waals surface area (Å²) < 4.78 is 8.61. The van der Waals surface area contributed by atoms with E-state index in [1.807, 2.05) is 0 Å². The second-order valence-corrected chi connectivity index (χ2v) is 2.74. The molecule has 6 heteroatoms. The lowest BCUT2D eigenvalue weighted by Crippen LogP contribution is -2.48. The summed E-state index contributed by atoms with van der Waals surface area (Å²) in [6.45, 7) is 0.260. The molecule has 0 aliphatic carbocycles. The van der Waals surface area contributed by atoms with Crippen molar-refractivity contribution < 1.29 is 24.2 Å². The molecular weight excluding hydrogens is 190 g/mol. The van der Waals surface area contributed by atoms with Crippen molar-refractivity contribution in [2.75, 3.05) is 20.8 Å². The fraction of sp³-hybridized carbons (Fsp3) is 0.750. The predicted molar refractivity (Wildman–Crippen MR) is 47.3 cm³/mol. The van der Waals surface area contributed by atoms with Crippen LogP contribution in [0.5, 0.6) is 0 Å². The zero-order valence-corrected chi connectivity index (χ0v) is 8.28. The lowest BCUT2D eigenvalue weighted by atomic mass is 9.98. The van der Waals surface area contributed by atoms with Gasteiger partial charge in [0.25, 0.3) is 5.60 Å². The molecule has 0 aromatic rings. The molecule has 0 aromatic carbocycles. The molecule has 0 aliphatic rings. The van der Waals surface area contributed by atoms with Crippen LogP contribution in [0.25, 0.3) is 0 Å². The number of methoxy groups -OCH3 is 2. The van der Waals surface area contributed by atoms with Gasteiger partial charge < -0.3 is 20.3 Å². The highest BCUT2D eigenvalue weighted by Gasteiger charge is 2.45. The van der Waals surface area contributed by atoms with Crippen molar-refractivity contribution in [2.24, 2.45) is 5.73 Å². The molecule has 0 unspecified atom stereocenters. The molecular formula is C8H15NO5. The first-order valence-electron chi connectivity index (χ1n) is 4.12. The molecule has 0 rings (SSSR count). The number of carbonyl (C=O) groups excluding carboxylic acids is 2. The van der Waals surface area contributed by atoms with Crippen molar-refractivity contribution >= 4 is 11.9 Å². The van der Waals surface area contributed by atoms with E-state index in [1.54, 1.807) is 0 Å². The fourth-order valence-corrected chi connectivity index (χ4v) is 0.983. The summed E-state index contributed by atoms with van der Waals surface area (Å²) in [6, 6.07) is 0. The molecule has 3 N–H and O–H groups in total. The molecule has 0 radical (unpaired) electrons. The molecule has 0 aliphatic heterocycles. The first-order chi connectivity index (χ1) is 6.52. The van der Waals surface area contributed by atoms with Gasteiger partial charge in [-0.2, -0.15) is 0 Å². The van der Waals surface area contributed by atoms with Crippen LogP contribution in [0.1, 0.15) is 12.8 Å². The molecule has 0 heterocycles. The molecule has 0 saturated heterocycles. The van der Waals surface area contributed by atoms with Crippen LogP contribution in [-0.2, 0) is 19.1 Å². The van der Waals surface area contributed by atoms with Gasteiger partial charge in [-0.1, -0.05) is 0 Å². The minimum atomic E-state index is -2.23. The third kappa shape index (κ3) is 2.68. The van der Waals surface area contributed by atoms with Crippen LogP contribution in [0.2, 0.25) is 0 Å². The topological polar surface area (TPSA) is 98.9 Å². The highest BCUT2D eigenvalue weighted by atomic mass is 16.6. The monoisotopic (exact) mass is 205 g/mol. The Kier molecular flexibility index (Phi) is 5.11. The largest absolute Gasteiger partial charge is 0.466 e. The molecule has 0 amide bonds. The molecule has 0 saturated carbocycles. The molecule has 82 valence electrons. The lowest BCUT2D eigenvalue weighted by molar-refractivity contribution is -0.181. The summed E-state index contributed by atoms with van der Waals surface area (Å²) in [6.07, 6.45) is 0.212. The molecule has 0 aromatic heterocycles. The summed E-state index contributed by atoms with van der Waals surface area (Å²) in [4.78, 5) is 22.3. The average molecular weight is 205 g/mol. The molecule has 14 heavy (non-hydrogen) atoms. The van der Waals surface area contributed by atoms with E-state index in [1.165, 1.54) is 0 Å².